The van der Waals surface area contributed by atoms with E-state index in [9.17, 15) is 14.7 Å². The number of rotatable bonds is 8. The Labute approximate surface area is 136 Å². The SMILES string of the molecule is CCC(CC)(CNC(=O)c1cc(OC)c(OC)cc1C)C(=O)O. The number of carbonyl (C=O) groups is 2. The van der Waals surface area contributed by atoms with Gasteiger partial charge in [-0.15, -0.1) is 0 Å². The number of methoxy groups -OCH3 is 2. The van der Waals surface area contributed by atoms with Crippen LogP contribution < -0.4 is 14.8 Å². The zero-order chi connectivity index (χ0) is 17.6. The second kappa shape index (κ2) is 7.85. The zero-order valence-corrected chi connectivity index (χ0v) is 14.4. The molecule has 0 aliphatic rings. The van der Waals surface area contributed by atoms with Gasteiger partial charge in [0, 0.05) is 12.1 Å². The topological polar surface area (TPSA) is 84.9 Å². The minimum Gasteiger partial charge on any atom is -0.493 e. The molecule has 1 amide bonds. The van der Waals surface area contributed by atoms with Crippen LogP contribution in [0.1, 0.15) is 42.6 Å². The Kier molecular flexibility index (Phi) is 6.42. The lowest BCUT2D eigenvalue weighted by Gasteiger charge is -2.27. The summed E-state index contributed by atoms with van der Waals surface area (Å²) >= 11 is 0. The summed E-state index contributed by atoms with van der Waals surface area (Å²) in [6, 6.07) is 3.32. The van der Waals surface area contributed by atoms with Crippen LogP contribution in [-0.4, -0.2) is 37.7 Å². The molecule has 1 aromatic carbocycles. The Morgan fingerprint density at radius 2 is 1.65 bits per heavy atom. The van der Waals surface area contributed by atoms with Gasteiger partial charge < -0.3 is 19.9 Å². The molecule has 0 unspecified atom stereocenters. The lowest BCUT2D eigenvalue weighted by molar-refractivity contribution is -0.149. The number of ether oxygens (including phenoxy) is 2. The molecule has 0 aliphatic heterocycles. The molecule has 23 heavy (non-hydrogen) atoms. The van der Waals surface area contributed by atoms with Gasteiger partial charge in [-0.1, -0.05) is 13.8 Å². The molecule has 6 heteroatoms. The summed E-state index contributed by atoms with van der Waals surface area (Å²) < 4.78 is 10.4. The fourth-order valence-corrected chi connectivity index (χ4v) is 2.45. The second-order valence-corrected chi connectivity index (χ2v) is 5.50. The first-order chi connectivity index (χ1) is 10.8. The van der Waals surface area contributed by atoms with Crippen molar-refractivity contribution in [3.05, 3.63) is 23.3 Å². The van der Waals surface area contributed by atoms with E-state index in [4.69, 9.17) is 9.47 Å². The standard InChI is InChI=1S/C17H25NO5/c1-6-17(7-2,16(20)21)10-18-15(19)12-9-14(23-5)13(22-4)8-11(12)3/h8-9H,6-7,10H2,1-5H3,(H,18,19)(H,20,21). The molecule has 1 rings (SSSR count). The van der Waals surface area contributed by atoms with Gasteiger partial charge in [0.25, 0.3) is 5.91 Å². The van der Waals surface area contributed by atoms with Crippen molar-refractivity contribution in [2.24, 2.45) is 5.41 Å². The Morgan fingerprint density at radius 1 is 1.13 bits per heavy atom. The third-order valence-corrected chi connectivity index (χ3v) is 4.37. The van der Waals surface area contributed by atoms with E-state index in [2.05, 4.69) is 5.32 Å². The van der Waals surface area contributed by atoms with Crippen LogP contribution in [0.3, 0.4) is 0 Å². The molecule has 0 heterocycles. The molecule has 0 spiro atoms. The zero-order valence-electron chi connectivity index (χ0n) is 14.4. The number of carbonyl (C=O) groups excluding carboxylic acids is 1. The van der Waals surface area contributed by atoms with E-state index in [1.807, 2.05) is 13.8 Å². The van der Waals surface area contributed by atoms with Crippen LogP contribution in [0.15, 0.2) is 12.1 Å². The molecule has 0 saturated heterocycles. The first-order valence-corrected chi connectivity index (χ1v) is 7.59. The molecule has 0 fully saturated rings. The second-order valence-electron chi connectivity index (χ2n) is 5.50. The summed E-state index contributed by atoms with van der Waals surface area (Å²) in [5.41, 5.74) is 0.225. The van der Waals surface area contributed by atoms with E-state index in [0.717, 1.165) is 5.56 Å². The molecule has 0 bridgehead atoms. The Bertz CT molecular complexity index is 579. The van der Waals surface area contributed by atoms with Crippen LogP contribution in [0.5, 0.6) is 11.5 Å². The highest BCUT2D eigenvalue weighted by molar-refractivity contribution is 5.96. The van der Waals surface area contributed by atoms with Crippen LogP contribution in [0.4, 0.5) is 0 Å². The maximum Gasteiger partial charge on any atom is 0.311 e. The van der Waals surface area contributed by atoms with Crippen LogP contribution in [0.2, 0.25) is 0 Å². The van der Waals surface area contributed by atoms with Gasteiger partial charge in [-0.25, -0.2) is 0 Å². The monoisotopic (exact) mass is 323 g/mol. The van der Waals surface area contributed by atoms with Crippen molar-refractivity contribution in [1.82, 2.24) is 5.32 Å². The van der Waals surface area contributed by atoms with E-state index in [1.165, 1.54) is 14.2 Å². The van der Waals surface area contributed by atoms with Crippen molar-refractivity contribution >= 4 is 11.9 Å². The molecule has 1 aromatic rings. The number of amides is 1. The molecular weight excluding hydrogens is 298 g/mol. The number of hydrogen-bond acceptors (Lipinski definition) is 4. The number of carboxylic acid groups (broad SMARTS) is 1. The summed E-state index contributed by atoms with van der Waals surface area (Å²) in [4.78, 5) is 23.9. The van der Waals surface area contributed by atoms with E-state index in [1.54, 1.807) is 19.1 Å². The van der Waals surface area contributed by atoms with E-state index in [0.29, 0.717) is 29.9 Å². The summed E-state index contributed by atoms with van der Waals surface area (Å²) in [6.07, 6.45) is 0.897. The van der Waals surface area contributed by atoms with Crippen molar-refractivity contribution in [2.45, 2.75) is 33.6 Å². The highest BCUT2D eigenvalue weighted by atomic mass is 16.5. The normalized spacial score (nSPS) is 11.0. The molecule has 6 nitrogen and oxygen atoms in total. The van der Waals surface area contributed by atoms with Crippen LogP contribution >= 0.6 is 0 Å². The third kappa shape index (κ3) is 3.94. The lowest BCUT2D eigenvalue weighted by atomic mass is 9.82. The molecule has 2 N–H and O–H groups in total. The lowest BCUT2D eigenvalue weighted by Crippen LogP contribution is -2.42. The molecule has 0 atom stereocenters. The highest BCUT2D eigenvalue weighted by Crippen LogP contribution is 2.30. The molecule has 0 aliphatic carbocycles. The largest absolute Gasteiger partial charge is 0.493 e. The molecule has 0 saturated carbocycles. The van der Waals surface area contributed by atoms with Gasteiger partial charge in [0.05, 0.1) is 19.6 Å². The predicted molar refractivity (Wildman–Crippen MR) is 87.3 cm³/mol. The minimum absolute atomic E-state index is 0.0853. The van der Waals surface area contributed by atoms with Gasteiger partial charge in [0.2, 0.25) is 0 Å². The smallest absolute Gasteiger partial charge is 0.311 e. The van der Waals surface area contributed by atoms with Crippen molar-refractivity contribution < 1.29 is 24.2 Å². The van der Waals surface area contributed by atoms with E-state index < -0.39 is 11.4 Å². The highest BCUT2D eigenvalue weighted by Gasteiger charge is 2.35. The maximum absolute atomic E-state index is 12.4. The average Bonchev–Trinajstić information content (AvgIpc) is 2.55. The summed E-state index contributed by atoms with van der Waals surface area (Å²) in [7, 11) is 3.03. The maximum atomic E-state index is 12.4. The van der Waals surface area contributed by atoms with Crippen molar-refractivity contribution in [2.75, 3.05) is 20.8 Å². The number of hydrogen-bond donors (Lipinski definition) is 2. The summed E-state index contributed by atoms with van der Waals surface area (Å²) in [5, 5.41) is 12.2. The molecule has 0 aromatic heterocycles. The van der Waals surface area contributed by atoms with E-state index in [-0.39, 0.29) is 12.5 Å². The molecule has 0 radical (unpaired) electrons. The fourth-order valence-electron chi connectivity index (χ4n) is 2.45. The number of benzene rings is 1. The molecule has 128 valence electrons. The number of aryl methyl sites for hydroxylation is 1. The van der Waals surface area contributed by atoms with Gasteiger partial charge in [-0.05, 0) is 37.5 Å². The average molecular weight is 323 g/mol. The van der Waals surface area contributed by atoms with Crippen molar-refractivity contribution in [1.29, 1.82) is 0 Å². The number of nitrogens with one attached hydrogen (secondary N) is 1. The van der Waals surface area contributed by atoms with Gasteiger partial charge in [0.1, 0.15) is 0 Å². The predicted octanol–water partition coefficient (Wildman–Crippen LogP) is 2.63. The van der Waals surface area contributed by atoms with Crippen molar-refractivity contribution in [3.63, 3.8) is 0 Å². The van der Waals surface area contributed by atoms with Crippen LogP contribution in [0.25, 0.3) is 0 Å². The summed E-state index contributed by atoms with van der Waals surface area (Å²) in [5.74, 6) is -0.218. The van der Waals surface area contributed by atoms with Gasteiger partial charge >= 0.3 is 5.97 Å². The molecular formula is C17H25NO5. The number of aliphatic carboxylic acids is 1. The van der Waals surface area contributed by atoms with Gasteiger partial charge in [0.15, 0.2) is 11.5 Å². The quantitative estimate of drug-likeness (QED) is 0.768. The Hall–Kier alpha value is -2.24. The van der Waals surface area contributed by atoms with Crippen LogP contribution in [-0.2, 0) is 4.79 Å². The van der Waals surface area contributed by atoms with Gasteiger partial charge in [-0.3, -0.25) is 9.59 Å². The van der Waals surface area contributed by atoms with Crippen molar-refractivity contribution in [3.8, 4) is 11.5 Å². The third-order valence-electron chi connectivity index (χ3n) is 4.37. The Balaban J connectivity index is 3.00. The first kappa shape index (κ1) is 18.8. The van der Waals surface area contributed by atoms with E-state index >= 15 is 0 Å². The Morgan fingerprint density at radius 3 is 2.09 bits per heavy atom. The van der Waals surface area contributed by atoms with Crippen LogP contribution in [0, 0.1) is 12.3 Å². The minimum atomic E-state index is -0.944. The number of carboxylic acids is 1. The first-order valence-electron chi connectivity index (χ1n) is 7.59. The summed E-state index contributed by atoms with van der Waals surface area (Å²) in [6.45, 7) is 5.50. The fraction of sp³-hybridized carbons (Fsp3) is 0.529. The van der Waals surface area contributed by atoms with Gasteiger partial charge in [-0.2, -0.15) is 0 Å².